The molecule has 8 heterocycles. The van der Waals surface area contributed by atoms with Gasteiger partial charge in [-0.25, -0.2) is 0 Å². The third-order valence-corrected chi connectivity index (χ3v) is 17.6. The van der Waals surface area contributed by atoms with Crippen LogP contribution in [0.3, 0.4) is 0 Å². The number of benzene rings is 2. The van der Waals surface area contributed by atoms with Crippen LogP contribution in [0.2, 0.25) is 0 Å². The summed E-state index contributed by atoms with van der Waals surface area (Å²) in [4.78, 5) is 30.2. The Bertz CT molecular complexity index is 2850. The zero-order valence-electron chi connectivity index (χ0n) is 44.9. The first-order valence-electron chi connectivity index (χ1n) is 27.2. The van der Waals surface area contributed by atoms with Crippen LogP contribution in [0.5, 0.6) is 17.2 Å². The molecule has 0 radical (unpaired) electrons. The van der Waals surface area contributed by atoms with Crippen LogP contribution in [0, 0.1) is 0 Å². The van der Waals surface area contributed by atoms with E-state index in [9.17, 15) is 35.1 Å². The fraction of sp³-hybridized carbons (Fsp3) is 0.709. The maximum atomic E-state index is 14.6. The molecule has 20 atom stereocenters. The molecule has 2 aromatic carbocycles. The number of aromatic hydroxyl groups is 2. The minimum absolute atomic E-state index is 0.0572. The quantitative estimate of drug-likeness (QED) is 0.182. The number of nitrogens with zero attached hydrogens (tertiary/aromatic N) is 1. The van der Waals surface area contributed by atoms with Crippen LogP contribution < -0.4 is 10.2 Å². The number of methoxy groups -OCH3 is 3. The molecule has 9 aliphatic rings. The van der Waals surface area contributed by atoms with Crippen molar-refractivity contribution in [2.24, 2.45) is 0 Å². The number of hydrogen-bond acceptors (Lipinski definition) is 22. The summed E-state index contributed by atoms with van der Waals surface area (Å²) in [7, 11) is 4.78. The zero-order valence-corrected chi connectivity index (χ0v) is 44.9. The molecule has 7 aliphatic heterocycles. The number of fused-ring (bicyclic) bond motifs is 7. The summed E-state index contributed by atoms with van der Waals surface area (Å²) in [6.07, 6.45) is -10.7. The van der Waals surface area contributed by atoms with E-state index in [0.717, 1.165) is 0 Å². The largest absolute Gasteiger partial charge is 0.506 e. The van der Waals surface area contributed by atoms with E-state index in [0.29, 0.717) is 68.4 Å². The first-order chi connectivity index (χ1) is 37.4. The summed E-state index contributed by atoms with van der Waals surface area (Å²) in [6.45, 7) is 9.71. The molecule has 2 aliphatic carbocycles. The van der Waals surface area contributed by atoms with Crippen molar-refractivity contribution in [2.75, 3.05) is 41.3 Å². The minimum Gasteiger partial charge on any atom is -0.506 e. The van der Waals surface area contributed by atoms with Gasteiger partial charge >= 0.3 is 0 Å². The fourth-order valence-electron chi connectivity index (χ4n) is 13.6. The SMILES string of the molecule is CO[C@H]1CC(O[C@H]2[C@H](C)OC(O[C@H]3[C@H](C)OC(O[C@H]4CCC(OC5CC(O)c6c(oc7c8c9c(c(O)c7c6=O)-c6c(cc7c(c6O)C(=O)N6CCOC6(C)C7)CC9OCO8)C5O)O[C@@H]4C)C[C@@H]3OC)C[C@@H]2OC)O[C@@H](C)[C@@H]1O. The Kier molecular flexibility index (Phi) is 14.7. The van der Waals surface area contributed by atoms with Gasteiger partial charge in [0.2, 0.25) is 5.43 Å². The Morgan fingerprint density at radius 1 is 0.667 bits per heavy atom. The van der Waals surface area contributed by atoms with Gasteiger partial charge in [0, 0.05) is 89.5 Å². The lowest BCUT2D eigenvalue weighted by Crippen LogP contribution is -2.57. The van der Waals surface area contributed by atoms with E-state index in [-0.39, 0.29) is 70.1 Å². The number of phenolic OH excluding ortho intramolecular Hbond substituents is 2. The molecule has 5 N–H and O–H groups in total. The Morgan fingerprint density at radius 3 is 1.96 bits per heavy atom. The molecule has 5 saturated heterocycles. The van der Waals surface area contributed by atoms with E-state index in [1.165, 1.54) is 0 Å². The molecule has 1 amide bonds. The number of phenols is 2. The molecule has 5 fully saturated rings. The first-order valence-corrected chi connectivity index (χ1v) is 27.2. The number of amides is 1. The van der Waals surface area contributed by atoms with Gasteiger partial charge in [-0.2, -0.15) is 0 Å². The second-order valence-corrected chi connectivity index (χ2v) is 22.4. The third kappa shape index (κ3) is 9.13. The molecule has 1 aromatic heterocycles. The van der Waals surface area contributed by atoms with Gasteiger partial charge in [-0.05, 0) is 52.2 Å². The highest BCUT2D eigenvalue weighted by Gasteiger charge is 2.51. The number of ether oxygens (including phenoxy) is 14. The topological polar surface area (TPSA) is 281 Å². The summed E-state index contributed by atoms with van der Waals surface area (Å²) in [5.74, 6) is -1.49. The van der Waals surface area contributed by atoms with Crippen LogP contribution in [0.4, 0.5) is 0 Å². The van der Waals surface area contributed by atoms with Gasteiger partial charge in [0.15, 0.2) is 43.3 Å². The number of carbonyl (C=O) groups excluding carboxylic acids is 1. The maximum Gasteiger partial charge on any atom is 0.260 e. The van der Waals surface area contributed by atoms with Gasteiger partial charge in [0.25, 0.3) is 5.91 Å². The lowest BCUT2D eigenvalue weighted by molar-refractivity contribution is -0.342. The van der Waals surface area contributed by atoms with Crippen molar-refractivity contribution in [1.82, 2.24) is 4.90 Å². The summed E-state index contributed by atoms with van der Waals surface area (Å²) in [5, 5.41) is 57.9. The molecular weight excluding hydrogens is 1030 g/mol. The van der Waals surface area contributed by atoms with Crippen molar-refractivity contribution in [3.8, 4) is 28.4 Å². The van der Waals surface area contributed by atoms with E-state index in [1.807, 2.05) is 33.8 Å². The van der Waals surface area contributed by atoms with E-state index in [2.05, 4.69) is 0 Å². The molecule has 428 valence electrons. The number of aliphatic hydroxyl groups excluding tert-OH is 3. The zero-order chi connectivity index (χ0) is 54.8. The molecule has 9 unspecified atom stereocenters. The molecule has 78 heavy (non-hydrogen) atoms. The molecule has 23 heteroatoms. The Balaban J connectivity index is 0.700. The van der Waals surface area contributed by atoms with E-state index >= 15 is 0 Å². The third-order valence-electron chi connectivity index (χ3n) is 17.6. The van der Waals surface area contributed by atoms with E-state index in [4.69, 9.17) is 70.7 Å². The summed E-state index contributed by atoms with van der Waals surface area (Å²) in [6, 6.07) is 1.83. The van der Waals surface area contributed by atoms with Gasteiger partial charge in [0.1, 0.15) is 52.8 Å². The molecular formula is C55H71NO22. The number of hydrogen-bond donors (Lipinski definition) is 5. The molecule has 23 nitrogen and oxygen atoms in total. The van der Waals surface area contributed by atoms with Crippen LogP contribution in [0.25, 0.3) is 22.1 Å². The fourth-order valence-corrected chi connectivity index (χ4v) is 13.6. The van der Waals surface area contributed by atoms with Crippen LogP contribution in [-0.4, -0.2) is 182 Å². The van der Waals surface area contributed by atoms with Gasteiger partial charge in [0.05, 0.1) is 84.9 Å². The first kappa shape index (κ1) is 54.5. The van der Waals surface area contributed by atoms with Crippen molar-refractivity contribution in [3.05, 3.63) is 49.9 Å². The van der Waals surface area contributed by atoms with Crippen molar-refractivity contribution in [2.45, 2.75) is 208 Å². The van der Waals surface area contributed by atoms with Crippen LogP contribution >= 0.6 is 0 Å². The highest BCUT2D eigenvalue weighted by Crippen LogP contribution is 2.58. The average Bonchev–Trinajstić information content (AvgIpc) is 3.71. The highest BCUT2D eigenvalue weighted by atomic mass is 16.8. The Morgan fingerprint density at radius 2 is 1.29 bits per heavy atom. The second kappa shape index (κ2) is 21.0. The number of carbonyl (C=O) groups is 1. The normalized spacial score (nSPS) is 40.2. The van der Waals surface area contributed by atoms with Crippen LogP contribution in [0.15, 0.2) is 15.3 Å². The van der Waals surface area contributed by atoms with E-state index in [1.54, 1.807) is 33.2 Å². The standard InChI is InChI=1S/C55H71NO22/c1-21-28(74-35-17-32(65-7)49(23(3)72-35)77-37-18-33(66-8)50(24(4)73-37)76-36-16-30(64-6)44(58)22(2)71-36)9-10-34(70-21)75-31-15-27(57)40-47(61)43-48(62)42-38-25(13-26-19-55(5)56(11-12-69-55)54(63)39(26)46(38)60)14-29-41(42)52(68-20-67-29)53(43)78-51(40)45(31)59/h13,21-24,27-37,44-45,49-50,57-60,62H,9-12,14-20H2,1-8H3/t21-,22+,23+,24+,27?,28+,29?,30+,31?,32+,33+,34?,35?,36?,37?,44+,45?,49+,50+,55?/m1/s1. The minimum atomic E-state index is -1.55. The van der Waals surface area contributed by atoms with Crippen molar-refractivity contribution < 1.29 is 101 Å². The van der Waals surface area contributed by atoms with Crippen molar-refractivity contribution >= 4 is 16.9 Å². The maximum absolute atomic E-state index is 14.6. The number of aliphatic hydroxyl groups is 3. The van der Waals surface area contributed by atoms with Gasteiger partial charge < -0.3 is 101 Å². The summed E-state index contributed by atoms with van der Waals surface area (Å²) in [5.41, 5.74) is -0.291. The predicted molar refractivity (Wildman–Crippen MR) is 266 cm³/mol. The second-order valence-electron chi connectivity index (χ2n) is 22.4. The summed E-state index contributed by atoms with van der Waals surface area (Å²) >= 11 is 0. The average molecular weight is 1100 g/mol. The lowest BCUT2D eigenvalue weighted by atomic mass is 9.77. The Labute approximate surface area is 449 Å². The Hall–Kier alpha value is -4.12. The number of rotatable bonds is 11. The highest BCUT2D eigenvalue weighted by molar-refractivity contribution is 6.06. The van der Waals surface area contributed by atoms with Gasteiger partial charge in [-0.3, -0.25) is 9.59 Å². The molecule has 0 spiro atoms. The lowest BCUT2D eigenvalue weighted by Gasteiger charge is -2.46. The van der Waals surface area contributed by atoms with E-state index < -0.39 is 140 Å². The van der Waals surface area contributed by atoms with Crippen LogP contribution in [-0.2, 0) is 74.4 Å². The molecule has 3 aromatic rings. The summed E-state index contributed by atoms with van der Waals surface area (Å²) < 4.78 is 92.6. The monoisotopic (exact) mass is 1100 g/mol. The molecule has 12 rings (SSSR count). The van der Waals surface area contributed by atoms with Gasteiger partial charge in [-0.15, -0.1) is 0 Å². The van der Waals surface area contributed by atoms with Crippen molar-refractivity contribution in [3.63, 3.8) is 0 Å². The van der Waals surface area contributed by atoms with Crippen molar-refractivity contribution in [1.29, 1.82) is 0 Å². The van der Waals surface area contributed by atoms with Crippen LogP contribution in [0.1, 0.15) is 130 Å². The predicted octanol–water partition coefficient (Wildman–Crippen LogP) is 3.93. The molecule has 0 bridgehead atoms. The van der Waals surface area contributed by atoms with Gasteiger partial charge in [-0.1, -0.05) is 6.07 Å². The smallest absolute Gasteiger partial charge is 0.260 e. The molecule has 0 saturated carbocycles.